The minimum absolute atomic E-state index is 0.0250. The van der Waals surface area contributed by atoms with Gasteiger partial charge in [-0.25, -0.2) is 0 Å². The number of rotatable bonds is 5. The van der Waals surface area contributed by atoms with Crippen LogP contribution in [-0.4, -0.2) is 48.3 Å². The summed E-state index contributed by atoms with van der Waals surface area (Å²) in [5, 5.41) is 5.69. The molecule has 0 aliphatic carbocycles. The van der Waals surface area contributed by atoms with Gasteiger partial charge in [-0.05, 0) is 43.2 Å². The zero-order valence-corrected chi connectivity index (χ0v) is 16.9. The molecule has 3 amide bonds. The van der Waals surface area contributed by atoms with E-state index in [0.29, 0.717) is 37.1 Å². The van der Waals surface area contributed by atoms with E-state index >= 15 is 0 Å². The Balaban J connectivity index is 1.42. The smallest absolute Gasteiger partial charge is 0.251 e. The molecule has 0 saturated carbocycles. The SMILES string of the molecule is O=C(NCC(=O)N1CCC(NC(=O)c2cccc(Br)c2)CC1)c1ccccc1. The molecule has 2 N–H and O–H groups in total. The molecule has 1 heterocycles. The minimum Gasteiger partial charge on any atom is -0.349 e. The molecule has 1 aliphatic heterocycles. The van der Waals surface area contributed by atoms with Crippen LogP contribution in [0.4, 0.5) is 0 Å². The fourth-order valence-corrected chi connectivity index (χ4v) is 3.53. The molecule has 1 aliphatic rings. The van der Waals surface area contributed by atoms with Crippen LogP contribution in [-0.2, 0) is 4.79 Å². The summed E-state index contributed by atoms with van der Waals surface area (Å²) < 4.78 is 0.859. The number of amides is 3. The van der Waals surface area contributed by atoms with Crippen molar-refractivity contribution in [3.05, 3.63) is 70.2 Å². The van der Waals surface area contributed by atoms with Gasteiger partial charge in [0.15, 0.2) is 0 Å². The van der Waals surface area contributed by atoms with E-state index < -0.39 is 0 Å². The third-order valence-electron chi connectivity index (χ3n) is 4.71. The maximum Gasteiger partial charge on any atom is 0.251 e. The Hall–Kier alpha value is -2.67. The van der Waals surface area contributed by atoms with Crippen molar-refractivity contribution in [1.82, 2.24) is 15.5 Å². The number of carbonyl (C=O) groups is 3. The summed E-state index contributed by atoms with van der Waals surface area (Å²) in [5.41, 5.74) is 1.14. The Kier molecular flexibility index (Phi) is 6.81. The highest BCUT2D eigenvalue weighted by Gasteiger charge is 2.24. The average Bonchev–Trinajstić information content (AvgIpc) is 2.73. The highest BCUT2D eigenvalue weighted by Crippen LogP contribution is 2.14. The van der Waals surface area contributed by atoms with Crippen molar-refractivity contribution in [2.24, 2.45) is 0 Å². The maximum absolute atomic E-state index is 12.3. The Morgan fingerprint density at radius 3 is 2.29 bits per heavy atom. The molecule has 0 atom stereocenters. The Morgan fingerprint density at radius 1 is 0.929 bits per heavy atom. The topological polar surface area (TPSA) is 78.5 Å². The first-order valence-electron chi connectivity index (χ1n) is 9.20. The van der Waals surface area contributed by atoms with Gasteiger partial charge in [-0.1, -0.05) is 40.2 Å². The lowest BCUT2D eigenvalue weighted by molar-refractivity contribution is -0.131. The van der Waals surface area contributed by atoms with E-state index in [1.807, 2.05) is 18.2 Å². The first-order valence-corrected chi connectivity index (χ1v) is 9.99. The van der Waals surface area contributed by atoms with Gasteiger partial charge < -0.3 is 15.5 Å². The maximum atomic E-state index is 12.3. The van der Waals surface area contributed by atoms with Gasteiger partial charge in [-0.2, -0.15) is 0 Å². The van der Waals surface area contributed by atoms with Crippen LogP contribution in [0.5, 0.6) is 0 Å². The number of nitrogens with zero attached hydrogens (tertiary/aromatic N) is 1. The predicted molar refractivity (Wildman–Crippen MR) is 110 cm³/mol. The zero-order valence-electron chi connectivity index (χ0n) is 15.4. The van der Waals surface area contributed by atoms with Gasteiger partial charge in [-0.3, -0.25) is 14.4 Å². The molecule has 7 heteroatoms. The van der Waals surface area contributed by atoms with E-state index in [-0.39, 0.29) is 30.3 Å². The minimum atomic E-state index is -0.259. The molecule has 2 aromatic rings. The Bertz CT molecular complexity index is 849. The van der Waals surface area contributed by atoms with Crippen LogP contribution in [0.2, 0.25) is 0 Å². The molecule has 28 heavy (non-hydrogen) atoms. The number of hydrogen-bond acceptors (Lipinski definition) is 3. The monoisotopic (exact) mass is 443 g/mol. The van der Waals surface area contributed by atoms with Gasteiger partial charge in [0.1, 0.15) is 0 Å². The lowest BCUT2D eigenvalue weighted by Gasteiger charge is -2.32. The van der Waals surface area contributed by atoms with Crippen LogP contribution < -0.4 is 10.6 Å². The number of halogens is 1. The van der Waals surface area contributed by atoms with Gasteiger partial charge in [0.2, 0.25) is 5.91 Å². The average molecular weight is 444 g/mol. The molecule has 1 saturated heterocycles. The molecule has 0 aromatic heterocycles. The molecule has 6 nitrogen and oxygen atoms in total. The molecule has 0 radical (unpaired) electrons. The van der Waals surface area contributed by atoms with Crippen molar-refractivity contribution in [2.45, 2.75) is 18.9 Å². The Morgan fingerprint density at radius 2 is 1.61 bits per heavy atom. The normalized spacial score (nSPS) is 14.4. The summed E-state index contributed by atoms with van der Waals surface area (Å²) in [6.07, 6.45) is 1.39. The fraction of sp³-hybridized carbons (Fsp3) is 0.286. The highest BCUT2D eigenvalue weighted by molar-refractivity contribution is 9.10. The molecule has 3 rings (SSSR count). The second-order valence-corrected chi connectivity index (χ2v) is 7.60. The van der Waals surface area contributed by atoms with Crippen LogP contribution in [0, 0.1) is 0 Å². The summed E-state index contributed by atoms with van der Waals surface area (Å²) in [4.78, 5) is 38.4. The number of hydrogen-bond donors (Lipinski definition) is 2. The van der Waals surface area contributed by atoms with Crippen LogP contribution in [0.3, 0.4) is 0 Å². The fourth-order valence-electron chi connectivity index (χ4n) is 3.13. The van der Waals surface area contributed by atoms with Crippen molar-refractivity contribution in [2.75, 3.05) is 19.6 Å². The lowest BCUT2D eigenvalue weighted by Crippen LogP contribution is -2.49. The summed E-state index contributed by atoms with van der Waals surface area (Å²) in [5.74, 6) is -0.479. The zero-order chi connectivity index (χ0) is 19.9. The van der Waals surface area contributed by atoms with E-state index in [9.17, 15) is 14.4 Å². The second-order valence-electron chi connectivity index (χ2n) is 6.69. The third-order valence-corrected chi connectivity index (χ3v) is 5.20. The van der Waals surface area contributed by atoms with Gasteiger partial charge >= 0.3 is 0 Å². The lowest BCUT2D eigenvalue weighted by atomic mass is 10.0. The summed E-state index contributed by atoms with van der Waals surface area (Å²) in [7, 11) is 0. The van der Waals surface area contributed by atoms with E-state index in [1.54, 1.807) is 41.3 Å². The molecule has 0 spiro atoms. The largest absolute Gasteiger partial charge is 0.349 e. The second kappa shape index (κ2) is 9.50. The van der Waals surface area contributed by atoms with Crippen molar-refractivity contribution in [3.8, 4) is 0 Å². The summed E-state index contributed by atoms with van der Waals surface area (Å²) >= 11 is 3.37. The molecule has 0 bridgehead atoms. The van der Waals surface area contributed by atoms with Crippen molar-refractivity contribution in [1.29, 1.82) is 0 Å². The van der Waals surface area contributed by atoms with Crippen LogP contribution in [0.1, 0.15) is 33.6 Å². The number of likely N-dealkylation sites (tertiary alicyclic amines) is 1. The summed E-state index contributed by atoms with van der Waals surface area (Å²) in [6, 6.07) is 16.1. The van der Waals surface area contributed by atoms with E-state index in [2.05, 4.69) is 26.6 Å². The molecular formula is C21H22BrN3O3. The van der Waals surface area contributed by atoms with Gasteiger partial charge in [0.25, 0.3) is 11.8 Å². The van der Waals surface area contributed by atoms with Gasteiger partial charge in [0, 0.05) is 34.7 Å². The van der Waals surface area contributed by atoms with Gasteiger partial charge in [0.05, 0.1) is 6.54 Å². The number of piperidine rings is 1. The molecule has 0 unspecified atom stereocenters. The van der Waals surface area contributed by atoms with Crippen LogP contribution in [0.15, 0.2) is 59.1 Å². The Labute approximate surface area is 172 Å². The quantitative estimate of drug-likeness (QED) is 0.745. The highest BCUT2D eigenvalue weighted by atomic mass is 79.9. The first-order chi connectivity index (χ1) is 13.5. The van der Waals surface area contributed by atoms with Crippen molar-refractivity contribution < 1.29 is 14.4 Å². The standard InChI is InChI=1S/C21H22BrN3O3/c22-17-8-4-7-16(13-17)21(28)24-18-9-11-25(12-10-18)19(26)14-23-20(27)15-5-2-1-3-6-15/h1-8,13,18H,9-12,14H2,(H,23,27)(H,24,28). The summed E-state index contributed by atoms with van der Waals surface area (Å²) in [6.45, 7) is 1.09. The van der Waals surface area contributed by atoms with Crippen LogP contribution in [0.25, 0.3) is 0 Å². The van der Waals surface area contributed by atoms with E-state index in [0.717, 1.165) is 4.47 Å². The number of carbonyl (C=O) groups excluding carboxylic acids is 3. The van der Waals surface area contributed by atoms with E-state index in [4.69, 9.17) is 0 Å². The molecular weight excluding hydrogens is 422 g/mol. The predicted octanol–water partition coefficient (Wildman–Crippen LogP) is 2.60. The number of benzene rings is 2. The van der Waals surface area contributed by atoms with Crippen molar-refractivity contribution >= 4 is 33.7 Å². The molecule has 146 valence electrons. The number of nitrogens with one attached hydrogen (secondary N) is 2. The third kappa shape index (κ3) is 5.42. The molecule has 1 fully saturated rings. The van der Waals surface area contributed by atoms with Gasteiger partial charge in [-0.15, -0.1) is 0 Å². The van der Waals surface area contributed by atoms with Crippen LogP contribution >= 0.6 is 15.9 Å². The van der Waals surface area contributed by atoms with Crippen molar-refractivity contribution in [3.63, 3.8) is 0 Å². The molecule has 2 aromatic carbocycles. The van der Waals surface area contributed by atoms with E-state index in [1.165, 1.54) is 0 Å². The first kappa shape index (κ1) is 20.1.